The molecule has 1 unspecified atom stereocenters. The van der Waals surface area contributed by atoms with E-state index in [2.05, 4.69) is 0 Å². The Labute approximate surface area is 81.7 Å². The Kier molecular flexibility index (Phi) is 4.89. The number of nitrogens with zero attached hydrogens (tertiary/aromatic N) is 1. The van der Waals surface area contributed by atoms with Gasteiger partial charge in [-0.05, 0) is 41.8 Å². The molecule has 0 spiro atoms. The summed E-state index contributed by atoms with van der Waals surface area (Å²) < 4.78 is 5.36. The zero-order valence-corrected chi connectivity index (χ0v) is 9.66. The van der Waals surface area contributed by atoms with Crippen LogP contribution in [0.5, 0.6) is 0 Å². The van der Waals surface area contributed by atoms with Gasteiger partial charge in [0.05, 0.1) is 18.8 Å². The van der Waals surface area contributed by atoms with Gasteiger partial charge in [-0.15, -0.1) is 0 Å². The second kappa shape index (κ2) is 4.94. The third-order valence-corrected chi connectivity index (χ3v) is 2.56. The molecule has 0 aromatic carbocycles. The van der Waals surface area contributed by atoms with Crippen molar-refractivity contribution in [2.75, 3.05) is 20.7 Å². The predicted octanol–water partition coefficient (Wildman–Crippen LogP) is 1.11. The molecule has 80 valence electrons. The second-order valence-corrected chi connectivity index (χ2v) is 4.45. The van der Waals surface area contributed by atoms with Crippen LogP contribution in [-0.4, -0.2) is 48.5 Å². The van der Waals surface area contributed by atoms with Crippen molar-refractivity contribution in [2.24, 2.45) is 0 Å². The van der Waals surface area contributed by atoms with E-state index in [0.717, 1.165) is 0 Å². The SMILES string of the molecule is CC(C)OCC(O)C(C)(C)N(C)C. The van der Waals surface area contributed by atoms with Crippen LogP contribution >= 0.6 is 0 Å². The summed E-state index contributed by atoms with van der Waals surface area (Å²) in [6.45, 7) is 8.33. The maximum Gasteiger partial charge on any atom is 0.0951 e. The molecule has 0 aliphatic rings. The zero-order valence-electron chi connectivity index (χ0n) is 9.66. The summed E-state index contributed by atoms with van der Waals surface area (Å²) in [5, 5.41) is 9.83. The van der Waals surface area contributed by atoms with E-state index >= 15 is 0 Å². The quantitative estimate of drug-likeness (QED) is 0.703. The number of hydrogen-bond acceptors (Lipinski definition) is 3. The Bertz CT molecular complexity index is 144. The molecule has 3 heteroatoms. The molecule has 0 bridgehead atoms. The van der Waals surface area contributed by atoms with E-state index in [9.17, 15) is 5.11 Å². The molecule has 1 atom stereocenters. The van der Waals surface area contributed by atoms with Crippen LogP contribution in [0.2, 0.25) is 0 Å². The van der Waals surface area contributed by atoms with Gasteiger partial charge >= 0.3 is 0 Å². The van der Waals surface area contributed by atoms with Crippen molar-refractivity contribution < 1.29 is 9.84 Å². The van der Waals surface area contributed by atoms with E-state index in [0.29, 0.717) is 6.61 Å². The topological polar surface area (TPSA) is 32.7 Å². The first-order chi connectivity index (χ1) is 5.78. The monoisotopic (exact) mass is 189 g/mol. The molecule has 1 N–H and O–H groups in total. The molecule has 0 radical (unpaired) electrons. The normalized spacial score (nSPS) is 15.5. The molecule has 0 aliphatic heterocycles. The van der Waals surface area contributed by atoms with E-state index in [1.807, 2.05) is 46.7 Å². The highest BCUT2D eigenvalue weighted by atomic mass is 16.5. The van der Waals surface area contributed by atoms with Crippen LogP contribution in [0, 0.1) is 0 Å². The molecule has 0 amide bonds. The first-order valence-electron chi connectivity index (χ1n) is 4.75. The van der Waals surface area contributed by atoms with Crippen LogP contribution in [0.4, 0.5) is 0 Å². The van der Waals surface area contributed by atoms with Crippen molar-refractivity contribution in [3.8, 4) is 0 Å². The second-order valence-electron chi connectivity index (χ2n) is 4.45. The summed E-state index contributed by atoms with van der Waals surface area (Å²) in [6.07, 6.45) is -0.280. The van der Waals surface area contributed by atoms with Crippen LogP contribution in [0.3, 0.4) is 0 Å². The van der Waals surface area contributed by atoms with Crippen molar-refractivity contribution in [3.05, 3.63) is 0 Å². The summed E-state index contributed by atoms with van der Waals surface area (Å²) in [6, 6.07) is 0. The minimum Gasteiger partial charge on any atom is -0.389 e. The summed E-state index contributed by atoms with van der Waals surface area (Å²) >= 11 is 0. The Balaban J connectivity index is 4.01. The number of aliphatic hydroxyl groups is 1. The third kappa shape index (κ3) is 4.07. The lowest BCUT2D eigenvalue weighted by Crippen LogP contribution is -2.50. The lowest BCUT2D eigenvalue weighted by Gasteiger charge is -2.37. The van der Waals surface area contributed by atoms with Crippen molar-refractivity contribution in [2.45, 2.75) is 45.4 Å². The zero-order chi connectivity index (χ0) is 10.6. The molecule has 0 rings (SSSR count). The van der Waals surface area contributed by atoms with Gasteiger partial charge in [-0.2, -0.15) is 0 Å². The van der Waals surface area contributed by atoms with Crippen molar-refractivity contribution in [1.82, 2.24) is 4.90 Å². The Morgan fingerprint density at radius 2 is 1.77 bits per heavy atom. The van der Waals surface area contributed by atoms with E-state index in [-0.39, 0.29) is 11.6 Å². The average molecular weight is 189 g/mol. The minimum absolute atomic E-state index is 0.174. The molecule has 0 fully saturated rings. The van der Waals surface area contributed by atoms with Crippen LogP contribution in [-0.2, 0) is 4.74 Å². The lowest BCUT2D eigenvalue weighted by molar-refractivity contribution is -0.0566. The fourth-order valence-electron chi connectivity index (χ4n) is 0.786. The summed E-state index contributed by atoms with van der Waals surface area (Å²) in [7, 11) is 3.91. The van der Waals surface area contributed by atoms with Gasteiger partial charge in [0.25, 0.3) is 0 Å². The van der Waals surface area contributed by atoms with Crippen LogP contribution < -0.4 is 0 Å². The first-order valence-corrected chi connectivity index (χ1v) is 4.75. The lowest BCUT2D eigenvalue weighted by atomic mass is 9.96. The summed E-state index contributed by atoms with van der Waals surface area (Å²) in [4.78, 5) is 2.00. The molecule has 13 heavy (non-hydrogen) atoms. The van der Waals surface area contributed by atoms with Gasteiger partial charge in [0.2, 0.25) is 0 Å². The van der Waals surface area contributed by atoms with Crippen molar-refractivity contribution >= 4 is 0 Å². The number of hydrogen-bond donors (Lipinski definition) is 1. The standard InChI is InChI=1S/C10H23NO2/c1-8(2)13-7-9(12)10(3,4)11(5)6/h8-9,12H,7H2,1-6H3. The minimum atomic E-state index is -0.454. The Morgan fingerprint density at radius 1 is 1.31 bits per heavy atom. The van der Waals surface area contributed by atoms with Gasteiger partial charge in [-0.1, -0.05) is 0 Å². The van der Waals surface area contributed by atoms with E-state index in [1.165, 1.54) is 0 Å². The van der Waals surface area contributed by atoms with Crippen LogP contribution in [0.25, 0.3) is 0 Å². The molecule has 0 saturated heterocycles. The molecule has 0 saturated carbocycles. The molecular weight excluding hydrogens is 166 g/mol. The van der Waals surface area contributed by atoms with Crippen molar-refractivity contribution in [1.29, 1.82) is 0 Å². The third-order valence-electron chi connectivity index (χ3n) is 2.56. The highest BCUT2D eigenvalue weighted by Crippen LogP contribution is 2.16. The number of likely N-dealkylation sites (N-methyl/N-ethyl adjacent to an activating group) is 1. The van der Waals surface area contributed by atoms with Gasteiger partial charge in [-0.25, -0.2) is 0 Å². The molecule has 3 nitrogen and oxygen atoms in total. The highest BCUT2D eigenvalue weighted by molar-refractivity contribution is 4.85. The predicted molar refractivity (Wildman–Crippen MR) is 54.9 cm³/mol. The summed E-state index contributed by atoms with van der Waals surface area (Å²) in [5.74, 6) is 0. The smallest absolute Gasteiger partial charge is 0.0951 e. The van der Waals surface area contributed by atoms with Gasteiger partial charge < -0.3 is 14.7 Å². The molecule has 0 aromatic rings. The van der Waals surface area contributed by atoms with Crippen LogP contribution in [0.1, 0.15) is 27.7 Å². The molecular formula is C10H23NO2. The Hall–Kier alpha value is -0.120. The molecule has 0 aliphatic carbocycles. The number of ether oxygens (including phenoxy) is 1. The van der Waals surface area contributed by atoms with E-state index < -0.39 is 6.10 Å². The fourth-order valence-corrected chi connectivity index (χ4v) is 0.786. The van der Waals surface area contributed by atoms with Crippen LogP contribution in [0.15, 0.2) is 0 Å². The highest BCUT2D eigenvalue weighted by Gasteiger charge is 2.30. The maximum atomic E-state index is 9.83. The number of rotatable bonds is 5. The molecule has 0 aromatic heterocycles. The maximum absolute atomic E-state index is 9.83. The summed E-state index contributed by atoms with van der Waals surface area (Å²) in [5.41, 5.74) is -0.241. The van der Waals surface area contributed by atoms with E-state index in [1.54, 1.807) is 0 Å². The largest absolute Gasteiger partial charge is 0.389 e. The van der Waals surface area contributed by atoms with E-state index in [4.69, 9.17) is 4.74 Å². The van der Waals surface area contributed by atoms with Gasteiger partial charge in [0.1, 0.15) is 0 Å². The molecule has 0 heterocycles. The fraction of sp³-hybridized carbons (Fsp3) is 1.00. The Morgan fingerprint density at radius 3 is 2.08 bits per heavy atom. The van der Waals surface area contributed by atoms with Gasteiger partial charge in [0.15, 0.2) is 0 Å². The van der Waals surface area contributed by atoms with Gasteiger partial charge in [-0.3, -0.25) is 0 Å². The van der Waals surface area contributed by atoms with Crippen molar-refractivity contribution in [3.63, 3.8) is 0 Å². The number of aliphatic hydroxyl groups excluding tert-OH is 1. The first kappa shape index (κ1) is 12.9. The average Bonchev–Trinajstić information content (AvgIpc) is 1.99. The van der Waals surface area contributed by atoms with Gasteiger partial charge in [0, 0.05) is 5.54 Å².